The number of alkyl halides is 6. The fourth-order valence-electron chi connectivity index (χ4n) is 4.91. The molecule has 0 amide bonds. The smallest absolute Gasteiger partial charge is 0.384 e. The van der Waals surface area contributed by atoms with Crippen molar-refractivity contribution in [2.24, 2.45) is 10.7 Å². The first-order chi connectivity index (χ1) is 17.2. The van der Waals surface area contributed by atoms with Gasteiger partial charge in [-0.15, -0.1) is 0 Å². The first kappa shape index (κ1) is 26.6. The molecule has 14 heteroatoms. The molecule has 4 N–H and O–H groups in total. The number of allylic oxidation sites excluding steroid dienone is 3. The van der Waals surface area contributed by atoms with Gasteiger partial charge in [-0.1, -0.05) is 0 Å². The average Bonchev–Trinajstić information content (AvgIpc) is 3.13. The number of piperazine rings is 1. The molecule has 1 aromatic carbocycles. The number of hydrogen-bond acceptors (Lipinski definition) is 6. The molecule has 0 radical (unpaired) electrons. The van der Waals surface area contributed by atoms with E-state index in [0.29, 0.717) is 19.2 Å². The van der Waals surface area contributed by atoms with Crippen LogP contribution in [-0.4, -0.2) is 48.0 Å². The van der Waals surface area contributed by atoms with Crippen LogP contribution in [0.3, 0.4) is 0 Å². The van der Waals surface area contributed by atoms with Gasteiger partial charge in [0.25, 0.3) is 0 Å². The van der Waals surface area contributed by atoms with Crippen LogP contribution >= 0.6 is 0 Å². The number of aromatic amines is 1. The maximum absolute atomic E-state index is 15.7. The Labute approximate surface area is 206 Å². The zero-order chi connectivity index (χ0) is 27.3. The number of benzene rings is 1. The lowest BCUT2D eigenvalue weighted by Gasteiger charge is -2.34. The first-order valence-corrected chi connectivity index (χ1v) is 11.2. The Hall–Kier alpha value is -3.42. The molecule has 2 unspecified atom stereocenters. The summed E-state index contributed by atoms with van der Waals surface area (Å²) in [5.41, 5.74) is -1.17. The molecule has 2 bridgehead atoms. The van der Waals surface area contributed by atoms with Gasteiger partial charge in [0.1, 0.15) is 11.6 Å². The van der Waals surface area contributed by atoms with E-state index < -0.39 is 63.9 Å². The van der Waals surface area contributed by atoms with Gasteiger partial charge < -0.3 is 20.9 Å². The number of hydrogen-bond donors (Lipinski definition) is 3. The molecule has 0 saturated carbocycles. The van der Waals surface area contributed by atoms with Crippen molar-refractivity contribution in [1.82, 2.24) is 15.3 Å². The molecule has 2 aliphatic rings. The number of fused-ring (bicyclic) bond motifs is 3. The molecule has 2 saturated heterocycles. The molecular formula is C23H23F7N6O. The Balaban J connectivity index is 1.95. The third kappa shape index (κ3) is 5.33. The van der Waals surface area contributed by atoms with Gasteiger partial charge in [0.2, 0.25) is 0 Å². The second kappa shape index (κ2) is 9.47. The predicted molar refractivity (Wildman–Crippen MR) is 124 cm³/mol. The molecule has 1 aromatic heterocycles. The molecule has 7 nitrogen and oxygen atoms in total. The summed E-state index contributed by atoms with van der Waals surface area (Å²) in [4.78, 5) is 23.1. The van der Waals surface area contributed by atoms with Crippen molar-refractivity contribution in [3.63, 3.8) is 0 Å². The molecule has 4 rings (SSSR count). The highest BCUT2D eigenvalue weighted by atomic mass is 19.4. The second-order valence-corrected chi connectivity index (χ2v) is 9.11. The first-order valence-electron chi connectivity index (χ1n) is 11.2. The Morgan fingerprint density at radius 2 is 1.86 bits per heavy atom. The van der Waals surface area contributed by atoms with Crippen molar-refractivity contribution >= 4 is 23.4 Å². The van der Waals surface area contributed by atoms with E-state index in [9.17, 15) is 31.1 Å². The third-order valence-corrected chi connectivity index (χ3v) is 6.59. The zero-order valence-corrected chi connectivity index (χ0v) is 19.5. The van der Waals surface area contributed by atoms with E-state index in [1.165, 1.54) is 0 Å². The normalized spacial score (nSPS) is 21.4. The standard InChI is InChI=1S/C23H23F7N6O/c1-10(5-17(31)32-2)15(22(25,26)27)6-13-16(23(28,29)30)7-14-19(18(13)24)34-21(37)35-20(14)36-8-11-3-4-12(9-36)33-11/h5,7,11-12,33H,2-4,6,8-9,31H2,1H3,(H,34,35,37)/b15-10+,17-5-. The Kier molecular flexibility index (Phi) is 6.82. The van der Waals surface area contributed by atoms with Gasteiger partial charge in [0, 0.05) is 48.1 Å². The summed E-state index contributed by atoms with van der Waals surface area (Å²) in [6, 6.07) is 0.595. The van der Waals surface area contributed by atoms with Crippen LogP contribution in [0.15, 0.2) is 38.9 Å². The highest BCUT2D eigenvalue weighted by Crippen LogP contribution is 2.41. The van der Waals surface area contributed by atoms with Gasteiger partial charge in [0.15, 0.2) is 5.82 Å². The van der Waals surface area contributed by atoms with E-state index in [1.807, 2.05) is 0 Å². The van der Waals surface area contributed by atoms with Crippen LogP contribution in [-0.2, 0) is 12.6 Å². The summed E-state index contributed by atoms with van der Waals surface area (Å²) in [5.74, 6) is -2.17. The fourth-order valence-corrected chi connectivity index (χ4v) is 4.91. The molecule has 2 atom stereocenters. The number of rotatable bonds is 5. The van der Waals surface area contributed by atoms with Crippen LogP contribution in [0.25, 0.3) is 10.9 Å². The number of halogens is 7. The zero-order valence-electron chi connectivity index (χ0n) is 19.5. The van der Waals surface area contributed by atoms with Crippen molar-refractivity contribution in [3.05, 3.63) is 56.5 Å². The topological polar surface area (TPSA) is 99.4 Å². The fraction of sp³-hybridized carbons (Fsp3) is 0.435. The number of H-pyrrole nitrogens is 1. The lowest BCUT2D eigenvalue weighted by Crippen LogP contribution is -2.51. The van der Waals surface area contributed by atoms with Crippen LogP contribution in [0.1, 0.15) is 30.9 Å². The third-order valence-electron chi connectivity index (χ3n) is 6.59. The molecule has 0 spiro atoms. The minimum absolute atomic E-state index is 0.0223. The summed E-state index contributed by atoms with van der Waals surface area (Å²) >= 11 is 0. The van der Waals surface area contributed by atoms with E-state index in [0.717, 1.165) is 25.8 Å². The van der Waals surface area contributed by atoms with Crippen molar-refractivity contribution in [2.75, 3.05) is 18.0 Å². The van der Waals surface area contributed by atoms with Gasteiger partial charge in [-0.05, 0) is 44.2 Å². The minimum Gasteiger partial charge on any atom is -0.384 e. The van der Waals surface area contributed by atoms with Crippen molar-refractivity contribution in [2.45, 2.75) is 50.6 Å². The predicted octanol–water partition coefficient (Wildman–Crippen LogP) is 3.94. The van der Waals surface area contributed by atoms with E-state index in [-0.39, 0.29) is 23.3 Å². The van der Waals surface area contributed by atoms with E-state index in [1.54, 1.807) is 4.90 Å². The van der Waals surface area contributed by atoms with Gasteiger partial charge in [-0.25, -0.2) is 14.2 Å². The summed E-state index contributed by atoms with van der Waals surface area (Å²) in [6.07, 6.45) is -9.37. The maximum atomic E-state index is 15.7. The van der Waals surface area contributed by atoms with Crippen molar-refractivity contribution < 1.29 is 30.7 Å². The largest absolute Gasteiger partial charge is 0.416 e. The number of nitrogens with one attached hydrogen (secondary N) is 2. The van der Waals surface area contributed by atoms with Crippen molar-refractivity contribution in [3.8, 4) is 0 Å². The highest BCUT2D eigenvalue weighted by Gasteiger charge is 2.41. The summed E-state index contributed by atoms with van der Waals surface area (Å²) in [6.45, 7) is 4.71. The quantitative estimate of drug-likeness (QED) is 0.308. The van der Waals surface area contributed by atoms with Gasteiger partial charge in [0.05, 0.1) is 11.1 Å². The molecule has 2 aliphatic heterocycles. The monoisotopic (exact) mass is 532 g/mol. The molecule has 200 valence electrons. The van der Waals surface area contributed by atoms with Crippen LogP contribution < -0.4 is 21.6 Å². The molecule has 0 aliphatic carbocycles. The molecule has 2 fully saturated rings. The maximum Gasteiger partial charge on any atom is 0.416 e. The summed E-state index contributed by atoms with van der Waals surface area (Å²) in [5, 5.41) is 2.98. The Morgan fingerprint density at radius 1 is 1.24 bits per heavy atom. The minimum atomic E-state index is -5.21. The Bertz CT molecular complexity index is 1350. The molecule has 37 heavy (non-hydrogen) atoms. The van der Waals surface area contributed by atoms with Gasteiger partial charge >= 0.3 is 18.0 Å². The lowest BCUT2D eigenvalue weighted by molar-refractivity contribution is -0.138. The van der Waals surface area contributed by atoms with E-state index >= 15 is 4.39 Å². The van der Waals surface area contributed by atoms with Crippen LogP contribution in [0.2, 0.25) is 0 Å². The number of aromatic nitrogens is 2. The number of aliphatic imine (C=N–C) groups is 1. The average molecular weight is 532 g/mol. The van der Waals surface area contributed by atoms with Crippen LogP contribution in [0, 0.1) is 5.82 Å². The summed E-state index contributed by atoms with van der Waals surface area (Å²) < 4.78 is 99.7. The molecular weight excluding hydrogens is 509 g/mol. The number of anilines is 1. The van der Waals surface area contributed by atoms with Crippen LogP contribution in [0.5, 0.6) is 0 Å². The second-order valence-electron chi connectivity index (χ2n) is 9.11. The van der Waals surface area contributed by atoms with Gasteiger partial charge in [-0.2, -0.15) is 31.3 Å². The SMILES string of the molecule is C=N/C(N)=C\C(C)=C(/Cc1c(C(F)(F)F)cc2c(N3CC4CCC(C3)N4)nc(=O)[nH]c2c1F)C(F)(F)F. The number of nitrogens with zero attached hydrogens (tertiary/aromatic N) is 3. The number of nitrogens with two attached hydrogens (primary N) is 1. The van der Waals surface area contributed by atoms with E-state index in [2.05, 4.69) is 27.0 Å². The Morgan fingerprint density at radius 3 is 2.41 bits per heavy atom. The van der Waals surface area contributed by atoms with Crippen LogP contribution in [0.4, 0.5) is 36.6 Å². The molecule has 3 heterocycles. The lowest BCUT2D eigenvalue weighted by atomic mass is 9.93. The summed E-state index contributed by atoms with van der Waals surface area (Å²) in [7, 11) is 0. The highest BCUT2D eigenvalue weighted by molar-refractivity contribution is 5.91. The molecule has 2 aromatic rings. The van der Waals surface area contributed by atoms with Crippen molar-refractivity contribution in [1.29, 1.82) is 0 Å². The van der Waals surface area contributed by atoms with E-state index in [4.69, 9.17) is 5.73 Å². The van der Waals surface area contributed by atoms with Gasteiger partial charge in [-0.3, -0.25) is 0 Å².